The van der Waals surface area contributed by atoms with Crippen molar-refractivity contribution in [2.24, 2.45) is 0 Å². The second-order valence-corrected chi connectivity index (χ2v) is 4.88. The molecule has 4 heteroatoms. The fourth-order valence-electron chi connectivity index (χ4n) is 2.31. The van der Waals surface area contributed by atoms with Crippen LogP contribution in [-0.2, 0) is 0 Å². The monoisotopic (exact) mass is 267 g/mol. The molecule has 3 nitrogen and oxygen atoms in total. The van der Waals surface area contributed by atoms with Gasteiger partial charge in [0.1, 0.15) is 11.6 Å². The third-order valence-electron chi connectivity index (χ3n) is 3.33. The fraction of sp³-hybridized carbons (Fsp3) is 0.125. The normalized spacial score (nSPS) is 10.9. The third-order valence-corrected chi connectivity index (χ3v) is 3.33. The van der Waals surface area contributed by atoms with Crippen molar-refractivity contribution < 1.29 is 4.39 Å². The number of aromatic nitrogens is 2. The molecule has 100 valence electrons. The molecule has 0 aliphatic rings. The third kappa shape index (κ3) is 1.99. The summed E-state index contributed by atoms with van der Waals surface area (Å²) in [5.41, 5.74) is 8.96. The average molecular weight is 267 g/mol. The Morgan fingerprint density at radius 2 is 1.85 bits per heavy atom. The second-order valence-electron chi connectivity index (χ2n) is 4.88. The van der Waals surface area contributed by atoms with E-state index in [4.69, 9.17) is 5.73 Å². The van der Waals surface area contributed by atoms with Crippen LogP contribution in [0.5, 0.6) is 0 Å². The van der Waals surface area contributed by atoms with Gasteiger partial charge >= 0.3 is 0 Å². The molecule has 0 saturated heterocycles. The Morgan fingerprint density at radius 3 is 2.60 bits per heavy atom. The molecule has 0 atom stereocenters. The number of rotatable bonds is 1. The number of halogens is 1. The summed E-state index contributed by atoms with van der Waals surface area (Å²) >= 11 is 0. The lowest BCUT2D eigenvalue weighted by atomic mass is 10.1. The summed E-state index contributed by atoms with van der Waals surface area (Å²) < 4.78 is 14.0. The number of aryl methyl sites for hydroxylation is 2. The van der Waals surface area contributed by atoms with Crippen molar-refractivity contribution >= 4 is 16.7 Å². The van der Waals surface area contributed by atoms with Gasteiger partial charge in [-0.1, -0.05) is 18.2 Å². The summed E-state index contributed by atoms with van der Waals surface area (Å²) in [6.45, 7) is 3.79. The van der Waals surface area contributed by atoms with Gasteiger partial charge < -0.3 is 5.73 Å². The summed E-state index contributed by atoms with van der Waals surface area (Å²) in [6.07, 6.45) is 0. The standard InChI is InChI=1S/C16H14FN3/c1-9-6-7-11(12(17)8-9)16-19-13-5-3-4-10(2)14(13)15(18)20-16/h3-8H,1-2H3,(H2,18,19,20). The number of nitrogen functional groups attached to an aromatic ring is 1. The van der Waals surface area contributed by atoms with Gasteiger partial charge in [0.2, 0.25) is 0 Å². The zero-order chi connectivity index (χ0) is 14.3. The number of benzene rings is 2. The molecule has 0 aliphatic heterocycles. The van der Waals surface area contributed by atoms with Crippen LogP contribution in [0.4, 0.5) is 10.2 Å². The van der Waals surface area contributed by atoms with E-state index in [1.165, 1.54) is 6.07 Å². The Kier molecular flexibility index (Phi) is 2.86. The lowest BCUT2D eigenvalue weighted by Crippen LogP contribution is -2.00. The maximum absolute atomic E-state index is 14.0. The van der Waals surface area contributed by atoms with Gasteiger partial charge in [-0.3, -0.25) is 0 Å². The van der Waals surface area contributed by atoms with Crippen LogP contribution >= 0.6 is 0 Å². The van der Waals surface area contributed by atoms with E-state index >= 15 is 0 Å². The van der Waals surface area contributed by atoms with Crippen LogP contribution in [0.1, 0.15) is 11.1 Å². The van der Waals surface area contributed by atoms with Crippen molar-refractivity contribution in [3.63, 3.8) is 0 Å². The van der Waals surface area contributed by atoms with Crippen molar-refractivity contribution in [1.82, 2.24) is 9.97 Å². The van der Waals surface area contributed by atoms with E-state index in [0.717, 1.165) is 22.0 Å². The van der Waals surface area contributed by atoms with Crippen molar-refractivity contribution in [1.29, 1.82) is 0 Å². The van der Waals surface area contributed by atoms with E-state index in [9.17, 15) is 4.39 Å². The molecule has 0 spiro atoms. The largest absolute Gasteiger partial charge is 0.383 e. The molecule has 3 aromatic rings. The van der Waals surface area contributed by atoms with Crippen molar-refractivity contribution in [3.8, 4) is 11.4 Å². The SMILES string of the molecule is Cc1ccc(-c2nc(N)c3c(C)cccc3n2)c(F)c1. The maximum atomic E-state index is 14.0. The predicted molar refractivity (Wildman–Crippen MR) is 78.8 cm³/mol. The molecular formula is C16H14FN3. The lowest BCUT2D eigenvalue weighted by Gasteiger charge is -2.08. The first-order valence-electron chi connectivity index (χ1n) is 6.35. The summed E-state index contributed by atoms with van der Waals surface area (Å²) in [6, 6.07) is 10.7. The van der Waals surface area contributed by atoms with Crippen LogP contribution in [0.15, 0.2) is 36.4 Å². The van der Waals surface area contributed by atoms with Crippen LogP contribution in [0.2, 0.25) is 0 Å². The van der Waals surface area contributed by atoms with Gasteiger partial charge in [0, 0.05) is 5.39 Å². The van der Waals surface area contributed by atoms with Gasteiger partial charge in [-0.15, -0.1) is 0 Å². The number of hydrogen-bond acceptors (Lipinski definition) is 3. The zero-order valence-electron chi connectivity index (χ0n) is 11.3. The highest BCUT2D eigenvalue weighted by Crippen LogP contribution is 2.27. The molecule has 0 unspecified atom stereocenters. The average Bonchev–Trinajstić information content (AvgIpc) is 2.38. The quantitative estimate of drug-likeness (QED) is 0.732. The molecular weight excluding hydrogens is 253 g/mol. The summed E-state index contributed by atoms with van der Waals surface area (Å²) in [5.74, 6) is 0.359. The smallest absolute Gasteiger partial charge is 0.165 e. The van der Waals surface area contributed by atoms with Gasteiger partial charge in [0.25, 0.3) is 0 Å². The lowest BCUT2D eigenvalue weighted by molar-refractivity contribution is 0.629. The topological polar surface area (TPSA) is 51.8 Å². The van der Waals surface area contributed by atoms with E-state index in [2.05, 4.69) is 9.97 Å². The summed E-state index contributed by atoms with van der Waals surface area (Å²) in [4.78, 5) is 8.68. The summed E-state index contributed by atoms with van der Waals surface area (Å²) in [5, 5.41) is 0.823. The van der Waals surface area contributed by atoms with E-state index in [0.29, 0.717) is 17.2 Å². The van der Waals surface area contributed by atoms with Gasteiger partial charge in [-0.05, 0) is 43.2 Å². The highest BCUT2D eigenvalue weighted by molar-refractivity contribution is 5.92. The molecule has 0 amide bonds. The van der Waals surface area contributed by atoms with Crippen molar-refractivity contribution in [2.45, 2.75) is 13.8 Å². The van der Waals surface area contributed by atoms with Gasteiger partial charge in [0.15, 0.2) is 5.82 Å². The van der Waals surface area contributed by atoms with Gasteiger partial charge in [-0.2, -0.15) is 0 Å². The Bertz CT molecular complexity index is 812. The Hall–Kier alpha value is -2.49. The summed E-state index contributed by atoms with van der Waals surface area (Å²) in [7, 11) is 0. The van der Waals surface area contributed by atoms with Crippen LogP contribution in [-0.4, -0.2) is 9.97 Å². The van der Waals surface area contributed by atoms with Gasteiger partial charge in [0.05, 0.1) is 11.1 Å². The molecule has 2 N–H and O–H groups in total. The first kappa shape index (κ1) is 12.5. The first-order valence-corrected chi connectivity index (χ1v) is 6.35. The van der Waals surface area contributed by atoms with Crippen molar-refractivity contribution in [2.75, 3.05) is 5.73 Å². The fourth-order valence-corrected chi connectivity index (χ4v) is 2.31. The molecule has 2 aromatic carbocycles. The van der Waals surface area contributed by atoms with Crippen LogP contribution in [0.25, 0.3) is 22.3 Å². The molecule has 1 heterocycles. The number of nitrogens with zero attached hydrogens (tertiary/aromatic N) is 2. The van der Waals surface area contributed by atoms with E-state index in [1.807, 2.05) is 38.1 Å². The van der Waals surface area contributed by atoms with E-state index < -0.39 is 0 Å². The molecule has 0 saturated carbocycles. The Balaban J connectivity index is 2.28. The van der Waals surface area contributed by atoms with Crippen molar-refractivity contribution in [3.05, 3.63) is 53.3 Å². The minimum Gasteiger partial charge on any atom is -0.383 e. The molecule has 0 aliphatic carbocycles. The maximum Gasteiger partial charge on any atom is 0.165 e. The molecule has 0 radical (unpaired) electrons. The number of anilines is 1. The molecule has 0 fully saturated rings. The van der Waals surface area contributed by atoms with Gasteiger partial charge in [-0.25, -0.2) is 14.4 Å². The number of hydrogen-bond donors (Lipinski definition) is 1. The Morgan fingerprint density at radius 1 is 1.05 bits per heavy atom. The second kappa shape index (κ2) is 4.56. The molecule has 0 bridgehead atoms. The minimum absolute atomic E-state index is 0.318. The molecule has 1 aromatic heterocycles. The first-order chi connectivity index (χ1) is 9.56. The van der Waals surface area contributed by atoms with E-state index in [1.54, 1.807) is 6.07 Å². The highest BCUT2D eigenvalue weighted by Gasteiger charge is 2.12. The van der Waals surface area contributed by atoms with Crippen LogP contribution < -0.4 is 5.73 Å². The van der Waals surface area contributed by atoms with Crippen LogP contribution in [0, 0.1) is 19.7 Å². The predicted octanol–water partition coefficient (Wildman–Crippen LogP) is 3.63. The van der Waals surface area contributed by atoms with E-state index in [-0.39, 0.29) is 5.82 Å². The highest BCUT2D eigenvalue weighted by atomic mass is 19.1. The minimum atomic E-state index is -0.337. The van der Waals surface area contributed by atoms with Crippen LogP contribution in [0.3, 0.4) is 0 Å². The molecule has 20 heavy (non-hydrogen) atoms. The zero-order valence-corrected chi connectivity index (χ0v) is 11.3. The number of nitrogens with two attached hydrogens (primary N) is 1. The Labute approximate surface area is 116 Å². The molecule has 3 rings (SSSR count). The number of fused-ring (bicyclic) bond motifs is 1.